The van der Waals surface area contributed by atoms with E-state index >= 15 is 0 Å². The molecule has 3 N–H and O–H groups in total. The number of nitriles is 1. The molecule has 0 bridgehead atoms. The first-order valence-corrected chi connectivity index (χ1v) is 8.83. The Morgan fingerprint density at radius 2 is 2.00 bits per heavy atom. The van der Waals surface area contributed by atoms with Crippen LogP contribution < -0.4 is 10.2 Å². The number of halogens is 3. The number of benzene rings is 2. The molecule has 29 heavy (non-hydrogen) atoms. The van der Waals surface area contributed by atoms with Crippen molar-refractivity contribution in [3.05, 3.63) is 47.5 Å². The van der Waals surface area contributed by atoms with Gasteiger partial charge in [0.05, 0.1) is 18.3 Å². The lowest BCUT2D eigenvalue weighted by Crippen LogP contribution is -2.35. The van der Waals surface area contributed by atoms with Gasteiger partial charge in [0, 0.05) is 30.7 Å². The Kier molecular flexibility index (Phi) is 5.77. The van der Waals surface area contributed by atoms with Crippen molar-refractivity contribution < 1.29 is 28.2 Å². The van der Waals surface area contributed by atoms with Gasteiger partial charge in [0.2, 0.25) is 0 Å². The van der Waals surface area contributed by atoms with Crippen LogP contribution in [0.5, 0.6) is 0 Å². The molecule has 1 saturated heterocycles. The van der Waals surface area contributed by atoms with E-state index in [1.165, 1.54) is 24.3 Å². The van der Waals surface area contributed by atoms with Gasteiger partial charge in [-0.3, -0.25) is 4.79 Å². The maximum Gasteiger partial charge on any atom is 0.418 e. The van der Waals surface area contributed by atoms with Gasteiger partial charge in [0.25, 0.3) is 5.91 Å². The molecule has 0 aromatic heterocycles. The van der Waals surface area contributed by atoms with Crippen molar-refractivity contribution in [3.8, 4) is 6.07 Å². The minimum absolute atomic E-state index is 0.297. The molecule has 0 aliphatic carbocycles. The van der Waals surface area contributed by atoms with E-state index in [9.17, 15) is 28.3 Å². The van der Waals surface area contributed by atoms with Crippen LogP contribution in [0.2, 0.25) is 0 Å². The number of nitrogens with zero attached hydrogens (tertiary/aromatic N) is 2. The third kappa shape index (κ3) is 4.50. The molecule has 0 radical (unpaired) electrons. The van der Waals surface area contributed by atoms with Gasteiger partial charge in [-0.25, -0.2) is 0 Å². The Morgan fingerprint density at radius 3 is 2.59 bits per heavy atom. The van der Waals surface area contributed by atoms with Crippen molar-refractivity contribution >= 4 is 27.9 Å². The highest BCUT2D eigenvalue weighted by Gasteiger charge is 2.39. The van der Waals surface area contributed by atoms with Gasteiger partial charge >= 0.3 is 6.18 Å². The first kappa shape index (κ1) is 20.6. The normalized spacial score (nSPS) is 15.5. The summed E-state index contributed by atoms with van der Waals surface area (Å²) in [6, 6.07) is 10.8. The smallest absolute Gasteiger partial charge is 0.394 e. The standard InChI is InChI=1S/C20H18F3N3O3/c21-20(22,23)18(16(9-24)19(29)25-10-14(28)11-27)13-5-4-12-2-1-3-17(15(12)8-13)26-6-7-26/h1-5,8,14,27-28H,6-7,10-11H2,(H,25,29)/b18-16-. The average molecular weight is 405 g/mol. The number of hydrogen-bond donors (Lipinski definition) is 3. The molecule has 2 aromatic carbocycles. The van der Waals surface area contributed by atoms with Crippen molar-refractivity contribution in [2.24, 2.45) is 0 Å². The zero-order chi connectivity index (χ0) is 21.2. The molecule has 0 saturated carbocycles. The zero-order valence-electron chi connectivity index (χ0n) is 15.2. The topological polar surface area (TPSA) is 96.4 Å². The van der Waals surface area contributed by atoms with Gasteiger partial charge in [-0.05, 0) is 23.1 Å². The molecule has 1 aliphatic rings. The number of aliphatic hydroxyl groups excluding tert-OH is 2. The molecule has 3 rings (SSSR count). The summed E-state index contributed by atoms with van der Waals surface area (Å²) in [5, 5.41) is 30.7. The number of hydrogen-bond acceptors (Lipinski definition) is 5. The molecule has 1 amide bonds. The van der Waals surface area contributed by atoms with E-state index in [1.807, 2.05) is 22.3 Å². The molecule has 1 aliphatic heterocycles. The zero-order valence-corrected chi connectivity index (χ0v) is 15.2. The lowest BCUT2D eigenvalue weighted by atomic mass is 9.96. The van der Waals surface area contributed by atoms with Gasteiger partial charge < -0.3 is 20.4 Å². The quantitative estimate of drug-likeness (QED) is 0.388. The van der Waals surface area contributed by atoms with Crippen LogP contribution in [0.25, 0.3) is 16.3 Å². The Bertz CT molecular complexity index is 1010. The highest BCUT2D eigenvalue weighted by Crippen LogP contribution is 2.39. The number of rotatable bonds is 6. The second-order valence-electron chi connectivity index (χ2n) is 6.61. The minimum Gasteiger partial charge on any atom is -0.394 e. The summed E-state index contributed by atoms with van der Waals surface area (Å²) in [6.07, 6.45) is -6.30. The maximum absolute atomic E-state index is 13.9. The Morgan fingerprint density at radius 1 is 1.28 bits per heavy atom. The largest absolute Gasteiger partial charge is 0.418 e. The third-order valence-electron chi connectivity index (χ3n) is 4.52. The van der Waals surface area contributed by atoms with Gasteiger partial charge in [-0.1, -0.05) is 24.3 Å². The summed E-state index contributed by atoms with van der Waals surface area (Å²) in [5.41, 5.74) is -1.96. The number of fused-ring (bicyclic) bond motifs is 1. The molecule has 152 valence electrons. The summed E-state index contributed by atoms with van der Waals surface area (Å²) in [4.78, 5) is 14.2. The molecule has 0 spiro atoms. The molecular weight excluding hydrogens is 387 g/mol. The molecule has 1 atom stereocenters. The fraction of sp³-hybridized carbons (Fsp3) is 0.300. The molecule has 6 nitrogen and oxygen atoms in total. The van der Waals surface area contributed by atoms with Crippen LogP contribution in [0.1, 0.15) is 5.56 Å². The summed E-state index contributed by atoms with van der Waals surface area (Å²) in [7, 11) is 0. The van der Waals surface area contributed by atoms with E-state index in [4.69, 9.17) is 5.11 Å². The Labute approximate surface area is 164 Å². The Balaban J connectivity index is 2.11. The first-order chi connectivity index (χ1) is 13.8. The predicted octanol–water partition coefficient (Wildman–Crippen LogP) is 1.97. The van der Waals surface area contributed by atoms with Crippen molar-refractivity contribution in [2.75, 3.05) is 31.1 Å². The summed E-state index contributed by atoms with van der Waals surface area (Å²) < 4.78 is 41.6. The molecule has 1 fully saturated rings. The van der Waals surface area contributed by atoms with E-state index < -0.39 is 42.5 Å². The van der Waals surface area contributed by atoms with Crippen LogP contribution in [0.15, 0.2) is 42.0 Å². The number of alkyl halides is 3. The van der Waals surface area contributed by atoms with E-state index in [0.29, 0.717) is 5.39 Å². The summed E-state index contributed by atoms with van der Waals surface area (Å²) in [5.74, 6) is -1.27. The molecule has 1 unspecified atom stereocenters. The molecular formula is C20H18F3N3O3. The number of nitrogens with one attached hydrogen (secondary N) is 1. The number of amides is 1. The van der Waals surface area contributed by atoms with Crippen LogP contribution in [0.3, 0.4) is 0 Å². The average Bonchev–Trinajstić information content (AvgIpc) is 3.53. The van der Waals surface area contributed by atoms with Gasteiger partial charge in [0.1, 0.15) is 11.6 Å². The SMILES string of the molecule is N#C/C(C(=O)NCC(O)CO)=C(\c1ccc2cccc(N3CC3)c2c1)C(F)(F)F. The van der Waals surface area contributed by atoms with Crippen LogP contribution in [0.4, 0.5) is 18.9 Å². The lowest BCUT2D eigenvalue weighted by Gasteiger charge is -2.17. The second kappa shape index (κ2) is 8.11. The third-order valence-corrected chi connectivity index (χ3v) is 4.52. The van der Waals surface area contributed by atoms with Crippen molar-refractivity contribution in [2.45, 2.75) is 12.3 Å². The van der Waals surface area contributed by atoms with E-state index in [0.717, 1.165) is 24.2 Å². The van der Waals surface area contributed by atoms with Gasteiger partial charge in [0.15, 0.2) is 0 Å². The highest BCUT2D eigenvalue weighted by molar-refractivity contribution is 6.07. The fourth-order valence-electron chi connectivity index (χ4n) is 3.01. The van der Waals surface area contributed by atoms with E-state index in [2.05, 4.69) is 0 Å². The van der Waals surface area contributed by atoms with Crippen molar-refractivity contribution in [1.29, 1.82) is 5.26 Å². The number of anilines is 1. The minimum atomic E-state index is -4.96. The highest BCUT2D eigenvalue weighted by atomic mass is 19.4. The monoisotopic (exact) mass is 405 g/mol. The van der Waals surface area contributed by atoms with Crippen LogP contribution in [-0.2, 0) is 4.79 Å². The van der Waals surface area contributed by atoms with Gasteiger partial charge in [-0.15, -0.1) is 0 Å². The Hall–Kier alpha value is -3.09. The number of carbonyl (C=O) groups excluding carboxylic acids is 1. The van der Waals surface area contributed by atoms with Crippen LogP contribution >= 0.6 is 0 Å². The van der Waals surface area contributed by atoms with Crippen LogP contribution in [-0.4, -0.2) is 54.6 Å². The summed E-state index contributed by atoms with van der Waals surface area (Å²) in [6.45, 7) is 0.457. The van der Waals surface area contributed by atoms with Crippen LogP contribution in [0, 0.1) is 11.3 Å². The number of aliphatic hydroxyl groups is 2. The lowest BCUT2D eigenvalue weighted by molar-refractivity contribution is -0.118. The predicted molar refractivity (Wildman–Crippen MR) is 101 cm³/mol. The molecule has 9 heteroatoms. The van der Waals surface area contributed by atoms with Crippen molar-refractivity contribution in [3.63, 3.8) is 0 Å². The fourth-order valence-corrected chi connectivity index (χ4v) is 3.01. The number of carbonyl (C=O) groups is 1. The number of allylic oxidation sites excluding steroid dienone is 1. The van der Waals surface area contributed by atoms with E-state index in [1.54, 1.807) is 6.07 Å². The maximum atomic E-state index is 13.9. The van der Waals surface area contributed by atoms with Crippen molar-refractivity contribution in [1.82, 2.24) is 5.32 Å². The second-order valence-corrected chi connectivity index (χ2v) is 6.61. The summed E-state index contributed by atoms with van der Waals surface area (Å²) >= 11 is 0. The van der Waals surface area contributed by atoms with E-state index in [-0.39, 0.29) is 5.56 Å². The molecule has 2 aromatic rings. The molecule has 1 heterocycles. The van der Waals surface area contributed by atoms with Gasteiger partial charge in [-0.2, -0.15) is 18.4 Å². The first-order valence-electron chi connectivity index (χ1n) is 8.83.